The molecule has 0 aliphatic carbocycles. The van der Waals surface area contributed by atoms with E-state index in [0.717, 1.165) is 5.69 Å². The number of nitrogens with zero attached hydrogens (tertiary/aromatic N) is 2. The number of ether oxygens (including phenoxy) is 1. The van der Waals surface area contributed by atoms with Crippen molar-refractivity contribution in [2.45, 2.75) is 20.4 Å². The van der Waals surface area contributed by atoms with E-state index in [1.54, 1.807) is 13.3 Å². The number of hydrogen-bond acceptors (Lipinski definition) is 3. The van der Waals surface area contributed by atoms with Crippen LogP contribution in [-0.2, 0) is 11.3 Å². The maximum atomic E-state index is 11.6. The van der Waals surface area contributed by atoms with Crippen molar-refractivity contribution in [2.24, 2.45) is 0 Å². The Morgan fingerprint density at radius 1 is 1.33 bits per heavy atom. The van der Waals surface area contributed by atoms with Crippen LogP contribution in [0.15, 0.2) is 36.7 Å². The highest BCUT2D eigenvalue weighted by Crippen LogP contribution is 2.10. The van der Waals surface area contributed by atoms with Gasteiger partial charge in [-0.05, 0) is 19.4 Å². The summed E-state index contributed by atoms with van der Waals surface area (Å²) < 4.78 is 6.90. The number of benzene rings is 1. The molecular weight excluding hydrogens is 228 g/mol. The number of aromatic nitrogens is 2. The Labute approximate surface area is 106 Å². The molecule has 18 heavy (non-hydrogen) atoms. The van der Waals surface area contributed by atoms with E-state index in [9.17, 15) is 4.79 Å². The molecule has 2 rings (SSSR count). The first kappa shape index (κ1) is 12.4. The fourth-order valence-electron chi connectivity index (χ4n) is 1.78. The highest BCUT2D eigenvalue weighted by atomic mass is 16.5. The molecule has 0 aliphatic heterocycles. The molecule has 0 amide bonds. The molecular formula is C14H16N2O2. The second-order valence-corrected chi connectivity index (χ2v) is 4.01. The van der Waals surface area contributed by atoms with E-state index in [1.165, 1.54) is 5.56 Å². The minimum atomic E-state index is -0.359. The van der Waals surface area contributed by atoms with Gasteiger partial charge in [-0.15, -0.1) is 0 Å². The Hall–Kier alpha value is -2.10. The summed E-state index contributed by atoms with van der Waals surface area (Å²) in [7, 11) is 0. The minimum absolute atomic E-state index is 0.359. The monoisotopic (exact) mass is 244 g/mol. The fourth-order valence-corrected chi connectivity index (χ4v) is 1.78. The van der Waals surface area contributed by atoms with Gasteiger partial charge >= 0.3 is 5.97 Å². The van der Waals surface area contributed by atoms with Crippen LogP contribution in [-0.4, -0.2) is 22.1 Å². The molecule has 2 aromatic rings. The van der Waals surface area contributed by atoms with Gasteiger partial charge in [-0.2, -0.15) is 0 Å². The molecule has 0 bridgehead atoms. The van der Waals surface area contributed by atoms with Crippen LogP contribution in [0.1, 0.15) is 28.7 Å². The zero-order valence-corrected chi connectivity index (χ0v) is 10.6. The molecule has 0 radical (unpaired) electrons. The Morgan fingerprint density at radius 3 is 2.72 bits per heavy atom. The Kier molecular flexibility index (Phi) is 3.77. The lowest BCUT2D eigenvalue weighted by Crippen LogP contribution is -2.08. The largest absolute Gasteiger partial charge is 0.461 e. The lowest BCUT2D eigenvalue weighted by atomic mass is 10.2. The first-order valence-electron chi connectivity index (χ1n) is 5.95. The van der Waals surface area contributed by atoms with Gasteiger partial charge in [0, 0.05) is 12.2 Å². The van der Waals surface area contributed by atoms with Gasteiger partial charge in [0.15, 0.2) is 5.69 Å². The van der Waals surface area contributed by atoms with Crippen LogP contribution in [0.5, 0.6) is 0 Å². The third-order valence-electron chi connectivity index (χ3n) is 2.76. The van der Waals surface area contributed by atoms with Crippen molar-refractivity contribution in [3.05, 3.63) is 53.6 Å². The van der Waals surface area contributed by atoms with Crippen molar-refractivity contribution < 1.29 is 9.53 Å². The van der Waals surface area contributed by atoms with E-state index in [1.807, 2.05) is 41.8 Å². The summed E-state index contributed by atoms with van der Waals surface area (Å²) >= 11 is 0. The molecule has 4 nitrogen and oxygen atoms in total. The van der Waals surface area contributed by atoms with Gasteiger partial charge in [-0.25, -0.2) is 9.78 Å². The summed E-state index contributed by atoms with van der Waals surface area (Å²) in [6.07, 6.45) is 1.68. The third-order valence-corrected chi connectivity index (χ3v) is 2.76. The predicted molar refractivity (Wildman–Crippen MR) is 68.5 cm³/mol. The van der Waals surface area contributed by atoms with Crippen LogP contribution in [0.25, 0.3) is 0 Å². The standard InChI is InChI=1S/C14H16N2O2/c1-3-18-14(17)13-11(2)16(10-15-13)9-12-7-5-4-6-8-12/h4-8,10H,3,9H2,1-2H3. The lowest BCUT2D eigenvalue weighted by molar-refractivity contribution is 0.0519. The first-order chi connectivity index (χ1) is 8.72. The van der Waals surface area contributed by atoms with Gasteiger partial charge in [0.2, 0.25) is 0 Å². The fraction of sp³-hybridized carbons (Fsp3) is 0.286. The van der Waals surface area contributed by atoms with Crippen molar-refractivity contribution in [3.63, 3.8) is 0 Å². The van der Waals surface area contributed by atoms with Crippen LogP contribution in [0, 0.1) is 6.92 Å². The summed E-state index contributed by atoms with van der Waals surface area (Å²) in [5, 5.41) is 0. The molecule has 0 aliphatic rings. The number of carbonyl (C=O) groups is 1. The zero-order chi connectivity index (χ0) is 13.0. The summed E-state index contributed by atoms with van der Waals surface area (Å²) in [5.74, 6) is -0.359. The SMILES string of the molecule is CCOC(=O)c1ncn(Cc2ccccc2)c1C. The Morgan fingerprint density at radius 2 is 2.06 bits per heavy atom. The molecule has 1 aromatic heterocycles. The second-order valence-electron chi connectivity index (χ2n) is 4.01. The summed E-state index contributed by atoms with van der Waals surface area (Å²) in [6, 6.07) is 10.1. The van der Waals surface area contributed by atoms with Crippen LogP contribution in [0.4, 0.5) is 0 Å². The first-order valence-corrected chi connectivity index (χ1v) is 5.95. The Balaban J connectivity index is 2.18. The highest BCUT2D eigenvalue weighted by Gasteiger charge is 2.15. The summed E-state index contributed by atoms with van der Waals surface area (Å²) in [4.78, 5) is 15.8. The van der Waals surface area contributed by atoms with E-state index >= 15 is 0 Å². The van der Waals surface area contributed by atoms with Crippen molar-refractivity contribution >= 4 is 5.97 Å². The molecule has 0 atom stereocenters. The van der Waals surface area contributed by atoms with Crippen molar-refractivity contribution in [2.75, 3.05) is 6.61 Å². The molecule has 0 spiro atoms. The normalized spacial score (nSPS) is 10.3. The van der Waals surface area contributed by atoms with E-state index in [2.05, 4.69) is 4.98 Å². The van der Waals surface area contributed by atoms with Crippen LogP contribution in [0.2, 0.25) is 0 Å². The van der Waals surface area contributed by atoms with Crippen molar-refractivity contribution in [1.82, 2.24) is 9.55 Å². The number of hydrogen-bond donors (Lipinski definition) is 0. The molecule has 0 fully saturated rings. The van der Waals surface area contributed by atoms with Crippen molar-refractivity contribution in [1.29, 1.82) is 0 Å². The lowest BCUT2D eigenvalue weighted by Gasteiger charge is -2.06. The molecule has 4 heteroatoms. The van der Waals surface area contributed by atoms with E-state index in [0.29, 0.717) is 18.8 Å². The zero-order valence-electron chi connectivity index (χ0n) is 10.6. The maximum absolute atomic E-state index is 11.6. The predicted octanol–water partition coefficient (Wildman–Crippen LogP) is 2.42. The molecule has 1 aromatic carbocycles. The second kappa shape index (κ2) is 5.49. The summed E-state index contributed by atoms with van der Waals surface area (Å²) in [6.45, 7) is 4.74. The molecule has 1 heterocycles. The van der Waals surface area contributed by atoms with Crippen LogP contribution < -0.4 is 0 Å². The Bertz CT molecular complexity index is 532. The van der Waals surface area contributed by atoms with E-state index in [-0.39, 0.29) is 5.97 Å². The van der Waals surface area contributed by atoms with Gasteiger partial charge in [0.05, 0.1) is 12.9 Å². The quantitative estimate of drug-likeness (QED) is 0.776. The van der Waals surface area contributed by atoms with E-state index < -0.39 is 0 Å². The molecule has 0 saturated carbocycles. The summed E-state index contributed by atoms with van der Waals surface area (Å²) in [5.41, 5.74) is 2.40. The number of imidazole rings is 1. The molecule has 94 valence electrons. The van der Waals surface area contributed by atoms with E-state index in [4.69, 9.17) is 4.74 Å². The smallest absolute Gasteiger partial charge is 0.358 e. The van der Waals surface area contributed by atoms with Crippen molar-refractivity contribution in [3.8, 4) is 0 Å². The number of rotatable bonds is 4. The molecule has 0 saturated heterocycles. The third kappa shape index (κ3) is 2.59. The topological polar surface area (TPSA) is 44.1 Å². The highest BCUT2D eigenvalue weighted by molar-refractivity contribution is 5.88. The molecule has 0 unspecified atom stereocenters. The van der Waals surface area contributed by atoms with Crippen LogP contribution >= 0.6 is 0 Å². The number of esters is 1. The maximum Gasteiger partial charge on any atom is 0.358 e. The minimum Gasteiger partial charge on any atom is -0.461 e. The number of carbonyl (C=O) groups excluding carboxylic acids is 1. The van der Waals surface area contributed by atoms with Gasteiger partial charge in [-0.3, -0.25) is 0 Å². The van der Waals surface area contributed by atoms with Gasteiger partial charge in [-0.1, -0.05) is 30.3 Å². The van der Waals surface area contributed by atoms with Gasteiger partial charge < -0.3 is 9.30 Å². The average Bonchev–Trinajstić information content (AvgIpc) is 2.73. The molecule has 0 N–H and O–H groups in total. The van der Waals surface area contributed by atoms with Gasteiger partial charge in [0.1, 0.15) is 0 Å². The van der Waals surface area contributed by atoms with Crippen LogP contribution in [0.3, 0.4) is 0 Å². The van der Waals surface area contributed by atoms with Gasteiger partial charge in [0.25, 0.3) is 0 Å². The average molecular weight is 244 g/mol.